The normalized spacial score (nSPS) is 8.47. The smallest absolute Gasteiger partial charge is 0.180 e. The highest BCUT2D eigenvalue weighted by Crippen LogP contribution is 1.98. The van der Waals surface area contributed by atoms with E-state index in [2.05, 4.69) is 54.5 Å². The minimum atomic E-state index is 0.926. The van der Waals surface area contributed by atoms with Gasteiger partial charge in [0, 0.05) is 78.8 Å². The van der Waals surface area contributed by atoms with Crippen LogP contribution in [0.1, 0.15) is 41.8 Å². The van der Waals surface area contributed by atoms with Crippen LogP contribution in [0.15, 0.2) is 102 Å². The number of hydrogen-bond acceptors (Lipinski definition) is 10. The highest BCUT2D eigenvalue weighted by Gasteiger charge is 1.78. The number of imidazole rings is 3. The van der Waals surface area contributed by atoms with Crippen molar-refractivity contribution in [1.29, 1.82) is 0 Å². The number of aromatic amines is 3. The Balaban J connectivity index is 0.000000474. The first-order valence-corrected chi connectivity index (χ1v) is 15.0. The molecule has 7 aromatic rings. The summed E-state index contributed by atoms with van der Waals surface area (Å²) >= 11 is 3.30. The number of rotatable bonds is 0. The number of thiazole rings is 2. The van der Waals surface area contributed by atoms with E-state index >= 15 is 0 Å². The third kappa shape index (κ3) is 26.0. The zero-order valence-electron chi connectivity index (χ0n) is 26.0. The van der Waals surface area contributed by atoms with E-state index in [1.807, 2.05) is 88.6 Å². The van der Waals surface area contributed by atoms with Crippen molar-refractivity contribution >= 4 is 22.7 Å². The lowest BCUT2D eigenvalue weighted by Gasteiger charge is -1.76. The summed E-state index contributed by atoms with van der Waals surface area (Å²) in [6.07, 6.45) is 20.6. The highest BCUT2D eigenvalue weighted by molar-refractivity contribution is 7.09. The van der Waals surface area contributed by atoms with E-state index < -0.39 is 0 Å². The summed E-state index contributed by atoms with van der Waals surface area (Å²) in [6, 6.07) is 1.83. The van der Waals surface area contributed by atoms with E-state index in [4.69, 9.17) is 0 Å². The van der Waals surface area contributed by atoms with Crippen LogP contribution >= 0.6 is 22.7 Å². The molecule has 14 heteroatoms. The first-order valence-electron chi connectivity index (χ1n) is 13.2. The van der Waals surface area contributed by atoms with Gasteiger partial charge >= 0.3 is 0 Å². The average molecular weight is 626 g/mol. The lowest BCUT2D eigenvalue weighted by atomic mass is 10.6. The van der Waals surface area contributed by atoms with Gasteiger partial charge in [-0.2, -0.15) is 5.10 Å². The maximum Gasteiger partial charge on any atom is 0.180 e. The van der Waals surface area contributed by atoms with E-state index in [0.717, 1.165) is 27.9 Å². The molecule has 0 spiro atoms. The molecule has 12 nitrogen and oxygen atoms in total. The van der Waals surface area contributed by atoms with Gasteiger partial charge in [0.25, 0.3) is 0 Å². The maximum atomic E-state index is 4.60. The second kappa shape index (κ2) is 27.5. The monoisotopic (exact) mass is 625 g/mol. The summed E-state index contributed by atoms with van der Waals surface area (Å²) in [5.41, 5.74) is 4.97. The van der Waals surface area contributed by atoms with E-state index in [1.165, 1.54) is 6.39 Å². The van der Waals surface area contributed by atoms with Crippen molar-refractivity contribution in [3.63, 3.8) is 0 Å². The SMILES string of the molecule is CC.Cc1cnc[nH]1.Cc1cocn1.Cc1cscn1.Cc1ncc[nH]1.Cc1nccs1.Cn1ccnc1.c1cn[nH]c1. The number of aromatic nitrogens is 11. The van der Waals surface area contributed by atoms with Crippen molar-refractivity contribution in [1.82, 2.24) is 54.6 Å². The Hall–Kier alpha value is -4.69. The fourth-order valence-electron chi connectivity index (χ4n) is 2.05. The third-order valence-electron chi connectivity index (χ3n) is 3.98. The van der Waals surface area contributed by atoms with Crippen molar-refractivity contribution in [2.45, 2.75) is 48.5 Å². The van der Waals surface area contributed by atoms with Crippen LogP contribution in [0, 0.1) is 34.6 Å². The summed E-state index contributed by atoms with van der Waals surface area (Å²) in [6.45, 7) is 13.7. The van der Waals surface area contributed by atoms with Crippen LogP contribution in [0.25, 0.3) is 0 Å². The van der Waals surface area contributed by atoms with Gasteiger partial charge in [-0.3, -0.25) is 15.1 Å². The molecule has 0 aliphatic heterocycles. The fourth-order valence-corrected chi connectivity index (χ4v) is 3.04. The third-order valence-corrected chi connectivity index (χ3v) is 5.39. The molecular formula is C29H43N11OS2. The number of H-pyrrole nitrogens is 3. The zero-order valence-corrected chi connectivity index (χ0v) is 27.7. The molecule has 0 aliphatic rings. The van der Waals surface area contributed by atoms with Crippen LogP contribution in [0.4, 0.5) is 0 Å². The molecule has 7 rings (SSSR count). The molecule has 7 heterocycles. The number of hydrogen-bond donors (Lipinski definition) is 3. The topological polar surface area (TPSA) is 156 Å². The number of aryl methyl sites for hydroxylation is 6. The molecule has 0 atom stereocenters. The molecule has 232 valence electrons. The Morgan fingerprint density at radius 2 is 1.65 bits per heavy atom. The molecule has 0 radical (unpaired) electrons. The van der Waals surface area contributed by atoms with Gasteiger partial charge in [0.05, 0.1) is 28.9 Å². The summed E-state index contributed by atoms with van der Waals surface area (Å²) in [5, 5.41) is 11.3. The minimum Gasteiger partial charge on any atom is -0.452 e. The number of nitrogens with one attached hydrogen (secondary N) is 3. The van der Waals surface area contributed by atoms with Gasteiger partial charge in [-0.1, -0.05) is 13.8 Å². The predicted molar refractivity (Wildman–Crippen MR) is 175 cm³/mol. The van der Waals surface area contributed by atoms with E-state index in [9.17, 15) is 0 Å². The molecule has 0 saturated carbocycles. The number of nitrogens with zero attached hydrogens (tertiary/aromatic N) is 8. The average Bonchev–Trinajstić information content (AvgIpc) is 3.83. The van der Waals surface area contributed by atoms with E-state index in [1.54, 1.807) is 85.0 Å². The quantitative estimate of drug-likeness (QED) is 0.160. The Labute approximate surface area is 261 Å². The molecule has 3 N–H and O–H groups in total. The largest absolute Gasteiger partial charge is 0.452 e. The Kier molecular flexibility index (Phi) is 24.5. The molecule has 0 aromatic carbocycles. The van der Waals surface area contributed by atoms with Crippen LogP contribution in [0.5, 0.6) is 0 Å². The molecule has 0 fully saturated rings. The predicted octanol–water partition coefficient (Wildman–Crippen LogP) is 7.18. The van der Waals surface area contributed by atoms with Gasteiger partial charge in [-0.25, -0.2) is 19.9 Å². The van der Waals surface area contributed by atoms with Crippen LogP contribution in [0.3, 0.4) is 0 Å². The van der Waals surface area contributed by atoms with Crippen LogP contribution in [-0.2, 0) is 7.05 Å². The lowest BCUT2D eigenvalue weighted by molar-refractivity contribution is 0.557. The number of oxazole rings is 1. The van der Waals surface area contributed by atoms with Crippen LogP contribution < -0.4 is 0 Å². The van der Waals surface area contributed by atoms with Crippen molar-refractivity contribution < 1.29 is 4.42 Å². The molecule has 0 unspecified atom stereocenters. The highest BCUT2D eigenvalue weighted by atomic mass is 32.1. The van der Waals surface area contributed by atoms with Gasteiger partial charge < -0.3 is 19.0 Å². The van der Waals surface area contributed by atoms with Gasteiger partial charge in [0.1, 0.15) is 12.1 Å². The summed E-state index contributed by atoms with van der Waals surface area (Å²) in [7, 11) is 1.94. The molecule has 43 heavy (non-hydrogen) atoms. The molecule has 7 aromatic heterocycles. The Bertz CT molecular complexity index is 1100. The van der Waals surface area contributed by atoms with Crippen LogP contribution in [0.2, 0.25) is 0 Å². The summed E-state index contributed by atoms with van der Waals surface area (Å²) in [4.78, 5) is 28.8. The van der Waals surface area contributed by atoms with Crippen LogP contribution in [-0.4, -0.2) is 54.6 Å². The van der Waals surface area contributed by atoms with Gasteiger partial charge in [0.2, 0.25) is 0 Å². The molecule has 0 saturated heterocycles. The van der Waals surface area contributed by atoms with Crippen molar-refractivity contribution in [2.24, 2.45) is 7.05 Å². The van der Waals surface area contributed by atoms with Gasteiger partial charge in [-0.15, -0.1) is 22.7 Å². The standard InChI is InChI=1S/3C4H6N2.C4H5NO.2C4H5NS.C3H4N2.C2H6/c1-4-2-5-3-6-4;1-6-3-2-5-4-6;1-4-5-2-3-6-4;2*1-4-2-6-3-5-4;1-4-5-2-3-6-4;1-2-4-5-3-1;1-2/h2-3H,1H3,(H,5,6);2-4H,1H3;2-3H,1H3,(H,5,6);3*2-3H,1H3;1-3H,(H,4,5);1-2H3. The van der Waals surface area contributed by atoms with Gasteiger partial charge in [0.15, 0.2) is 6.39 Å². The van der Waals surface area contributed by atoms with Gasteiger partial charge in [-0.05, 0) is 40.7 Å². The first-order chi connectivity index (χ1) is 20.9. The van der Waals surface area contributed by atoms with E-state index in [-0.39, 0.29) is 0 Å². The van der Waals surface area contributed by atoms with Crippen molar-refractivity contribution in [3.8, 4) is 0 Å². The summed E-state index contributed by atoms with van der Waals surface area (Å²) in [5.74, 6) is 0.968. The maximum absolute atomic E-state index is 4.60. The Morgan fingerprint density at radius 3 is 1.81 bits per heavy atom. The van der Waals surface area contributed by atoms with E-state index in [0.29, 0.717) is 0 Å². The fraction of sp³-hybridized carbons (Fsp3) is 0.276. The van der Waals surface area contributed by atoms with Crippen molar-refractivity contribution in [2.75, 3.05) is 0 Å². The minimum absolute atomic E-state index is 0.926. The molecule has 0 amide bonds. The Morgan fingerprint density at radius 1 is 0.837 bits per heavy atom. The molecule has 0 bridgehead atoms. The molecular weight excluding hydrogens is 583 g/mol. The molecule has 0 aliphatic carbocycles. The summed E-state index contributed by atoms with van der Waals surface area (Å²) < 4.78 is 6.49. The second-order valence-electron chi connectivity index (χ2n) is 7.71. The second-order valence-corrected chi connectivity index (χ2v) is 9.53. The van der Waals surface area contributed by atoms with Crippen molar-refractivity contribution in [3.05, 3.63) is 125 Å². The lowest BCUT2D eigenvalue weighted by Crippen LogP contribution is -1.76. The first kappa shape index (κ1) is 38.3. The zero-order chi connectivity index (χ0) is 32.0.